The Morgan fingerprint density at radius 2 is 1.94 bits per heavy atom. The van der Waals surface area contributed by atoms with E-state index in [0.717, 1.165) is 4.57 Å². The van der Waals surface area contributed by atoms with Crippen LogP contribution in [0, 0.1) is 0 Å². The molecule has 2 heterocycles. The summed E-state index contributed by atoms with van der Waals surface area (Å²) in [4.78, 5) is 27.8. The Labute approximate surface area is 102 Å². The molecule has 0 fully saturated rings. The van der Waals surface area contributed by atoms with E-state index < -0.39 is 11.2 Å². The number of rotatable bonds is 2. The molecule has 7 nitrogen and oxygen atoms in total. The van der Waals surface area contributed by atoms with E-state index in [1.807, 2.05) is 0 Å². The molecule has 0 unspecified atom stereocenters. The largest absolute Gasteiger partial charge is 0.364 e. The molecule has 0 saturated carbocycles. The first-order chi connectivity index (χ1) is 7.99. The van der Waals surface area contributed by atoms with E-state index >= 15 is 0 Å². The van der Waals surface area contributed by atoms with Gasteiger partial charge in [0, 0.05) is 21.2 Å². The number of aryl methyl sites for hydroxylation is 1. The second-order valence-electron chi connectivity index (χ2n) is 3.64. The molecule has 2 aromatic heterocycles. The summed E-state index contributed by atoms with van der Waals surface area (Å²) in [5, 5.41) is 0.333. The summed E-state index contributed by atoms with van der Waals surface area (Å²) >= 11 is 4.16. The molecule has 17 heavy (non-hydrogen) atoms. The molecule has 92 valence electrons. The number of nitrogens with zero attached hydrogens (tertiary/aromatic N) is 4. The van der Waals surface area contributed by atoms with E-state index in [-0.39, 0.29) is 6.73 Å². The van der Waals surface area contributed by atoms with Crippen molar-refractivity contribution in [3.05, 3.63) is 20.8 Å². The zero-order valence-corrected chi connectivity index (χ0v) is 10.6. The van der Waals surface area contributed by atoms with E-state index in [9.17, 15) is 9.59 Å². The fourth-order valence-electron chi connectivity index (χ4n) is 1.69. The Balaban J connectivity index is 3.02. The van der Waals surface area contributed by atoms with Crippen LogP contribution in [0.3, 0.4) is 0 Å². The van der Waals surface area contributed by atoms with Crippen LogP contribution in [0.5, 0.6) is 0 Å². The number of aromatic nitrogens is 4. The summed E-state index contributed by atoms with van der Waals surface area (Å²) in [6.45, 7) is 0.156. The molecule has 0 aliphatic rings. The highest BCUT2D eigenvalue weighted by Crippen LogP contribution is 2.13. The summed E-state index contributed by atoms with van der Waals surface area (Å²) in [6, 6.07) is 0. The number of ether oxygens (including phenoxy) is 1. The Bertz CT molecular complexity index is 697. The number of hydrogen-bond donors (Lipinski definition) is 1. The van der Waals surface area contributed by atoms with Crippen molar-refractivity contribution in [3.8, 4) is 0 Å². The minimum absolute atomic E-state index is 0.156. The predicted octanol–water partition coefficient (Wildman–Crippen LogP) is -0.674. The quantitative estimate of drug-likeness (QED) is 0.723. The van der Waals surface area contributed by atoms with Crippen LogP contribution in [0.25, 0.3) is 11.2 Å². The van der Waals surface area contributed by atoms with E-state index in [4.69, 9.17) is 4.74 Å². The molecule has 0 aliphatic heterocycles. The SMILES string of the molecule is COCn1c(S)nc2c1c(=O)n(C)c(=O)n2C. The minimum Gasteiger partial charge on any atom is -0.364 e. The summed E-state index contributed by atoms with van der Waals surface area (Å²) in [7, 11) is 4.49. The van der Waals surface area contributed by atoms with Gasteiger partial charge in [0.2, 0.25) is 0 Å². The monoisotopic (exact) mass is 256 g/mol. The van der Waals surface area contributed by atoms with Crippen molar-refractivity contribution in [2.45, 2.75) is 11.9 Å². The third kappa shape index (κ3) is 1.60. The average molecular weight is 256 g/mol. The average Bonchev–Trinajstić information content (AvgIpc) is 2.62. The Hall–Kier alpha value is -1.54. The zero-order valence-electron chi connectivity index (χ0n) is 9.67. The standard InChI is InChI=1S/C9H12N4O3S/c1-11-6-5(7(14)12(2)9(11)15)13(4-16-3)8(17)10-6/h4H2,1-3H3,(H,10,17). The lowest BCUT2D eigenvalue weighted by atomic mass is 10.5. The van der Waals surface area contributed by atoms with Crippen molar-refractivity contribution in [2.24, 2.45) is 14.1 Å². The minimum atomic E-state index is -0.419. The van der Waals surface area contributed by atoms with Gasteiger partial charge in [0.15, 0.2) is 16.3 Å². The summed E-state index contributed by atoms with van der Waals surface area (Å²) in [5.41, 5.74) is -0.215. The maximum absolute atomic E-state index is 12.0. The molecule has 0 radical (unpaired) electrons. The smallest absolute Gasteiger partial charge is 0.332 e. The molecular weight excluding hydrogens is 244 g/mol. The van der Waals surface area contributed by atoms with Crippen molar-refractivity contribution in [1.82, 2.24) is 18.7 Å². The highest BCUT2D eigenvalue weighted by molar-refractivity contribution is 7.80. The number of imidazole rings is 1. The van der Waals surface area contributed by atoms with Crippen LogP contribution in [-0.2, 0) is 25.6 Å². The Morgan fingerprint density at radius 1 is 1.29 bits per heavy atom. The summed E-state index contributed by atoms with van der Waals surface area (Å²) in [5.74, 6) is 0. The fraction of sp³-hybridized carbons (Fsp3) is 0.444. The van der Waals surface area contributed by atoms with E-state index in [2.05, 4.69) is 17.6 Å². The summed E-state index contributed by atoms with van der Waals surface area (Å²) in [6.07, 6.45) is 0. The first-order valence-electron chi connectivity index (χ1n) is 4.83. The molecule has 0 bridgehead atoms. The van der Waals surface area contributed by atoms with Gasteiger partial charge in [0.05, 0.1) is 0 Å². The second-order valence-corrected chi connectivity index (χ2v) is 4.04. The van der Waals surface area contributed by atoms with Gasteiger partial charge in [-0.05, 0) is 0 Å². The predicted molar refractivity (Wildman–Crippen MR) is 64.5 cm³/mol. The van der Waals surface area contributed by atoms with Crippen LogP contribution in [0.4, 0.5) is 0 Å². The van der Waals surface area contributed by atoms with E-state index in [1.165, 1.54) is 23.3 Å². The van der Waals surface area contributed by atoms with Crippen molar-refractivity contribution in [3.63, 3.8) is 0 Å². The molecule has 0 spiro atoms. The zero-order chi connectivity index (χ0) is 12.7. The normalized spacial score (nSPS) is 11.3. The van der Waals surface area contributed by atoms with Gasteiger partial charge in [0.1, 0.15) is 6.73 Å². The first-order valence-corrected chi connectivity index (χ1v) is 5.28. The van der Waals surface area contributed by atoms with Crippen molar-refractivity contribution in [1.29, 1.82) is 0 Å². The van der Waals surface area contributed by atoms with Crippen LogP contribution in [0.1, 0.15) is 0 Å². The summed E-state index contributed by atoms with van der Waals surface area (Å²) < 4.78 is 8.83. The lowest BCUT2D eigenvalue weighted by Crippen LogP contribution is -2.37. The molecule has 8 heteroatoms. The Kier molecular flexibility index (Phi) is 2.84. The Morgan fingerprint density at radius 3 is 2.53 bits per heavy atom. The fourth-order valence-corrected chi connectivity index (χ4v) is 1.94. The first kappa shape index (κ1) is 11.9. The van der Waals surface area contributed by atoms with Gasteiger partial charge in [0.25, 0.3) is 5.56 Å². The van der Waals surface area contributed by atoms with Crippen LogP contribution in [0.2, 0.25) is 0 Å². The van der Waals surface area contributed by atoms with E-state index in [0.29, 0.717) is 16.3 Å². The van der Waals surface area contributed by atoms with Crippen molar-refractivity contribution < 1.29 is 4.74 Å². The van der Waals surface area contributed by atoms with Crippen molar-refractivity contribution >= 4 is 23.8 Å². The van der Waals surface area contributed by atoms with Crippen LogP contribution in [0.15, 0.2) is 14.7 Å². The molecule has 2 aromatic rings. The van der Waals surface area contributed by atoms with Gasteiger partial charge in [-0.1, -0.05) is 0 Å². The molecule has 2 rings (SSSR count). The van der Waals surface area contributed by atoms with Gasteiger partial charge >= 0.3 is 5.69 Å². The molecular formula is C9H12N4O3S. The molecule has 0 aliphatic carbocycles. The van der Waals surface area contributed by atoms with Crippen molar-refractivity contribution in [2.75, 3.05) is 7.11 Å². The number of fused-ring (bicyclic) bond motifs is 1. The highest BCUT2D eigenvalue weighted by atomic mass is 32.1. The van der Waals surface area contributed by atoms with Crippen LogP contribution >= 0.6 is 12.6 Å². The molecule has 0 aromatic carbocycles. The van der Waals surface area contributed by atoms with Gasteiger partial charge in [-0.25, -0.2) is 9.78 Å². The van der Waals surface area contributed by atoms with E-state index in [1.54, 1.807) is 7.05 Å². The molecule has 0 N–H and O–H groups in total. The number of thiol groups is 1. The third-order valence-corrected chi connectivity index (χ3v) is 2.93. The lowest BCUT2D eigenvalue weighted by molar-refractivity contribution is 0.127. The van der Waals surface area contributed by atoms with Gasteiger partial charge < -0.3 is 4.74 Å². The maximum Gasteiger partial charge on any atom is 0.332 e. The van der Waals surface area contributed by atoms with Gasteiger partial charge in [-0.2, -0.15) is 0 Å². The van der Waals surface area contributed by atoms with Crippen LogP contribution < -0.4 is 11.2 Å². The topological polar surface area (TPSA) is 71.1 Å². The third-order valence-electron chi connectivity index (χ3n) is 2.59. The molecule has 0 amide bonds. The molecule has 0 saturated heterocycles. The van der Waals surface area contributed by atoms with Gasteiger partial charge in [-0.3, -0.25) is 18.5 Å². The van der Waals surface area contributed by atoms with Crippen LogP contribution in [-0.4, -0.2) is 25.8 Å². The maximum atomic E-state index is 12.0. The second kappa shape index (κ2) is 4.04. The number of methoxy groups -OCH3 is 1. The molecule has 0 atom stereocenters. The highest BCUT2D eigenvalue weighted by Gasteiger charge is 2.16. The lowest BCUT2D eigenvalue weighted by Gasteiger charge is -2.05. The van der Waals surface area contributed by atoms with Gasteiger partial charge in [-0.15, -0.1) is 12.6 Å². The number of hydrogen-bond acceptors (Lipinski definition) is 5.